The van der Waals surface area contributed by atoms with E-state index in [2.05, 4.69) is 10.6 Å². The second-order valence-electron chi connectivity index (χ2n) is 8.47. The van der Waals surface area contributed by atoms with Gasteiger partial charge in [-0.3, -0.25) is 4.79 Å². The lowest BCUT2D eigenvalue weighted by Gasteiger charge is -2.30. The first-order chi connectivity index (χ1) is 15.6. The first-order valence-corrected chi connectivity index (χ1v) is 11.4. The maximum Gasteiger partial charge on any atom is 0.319 e. The minimum atomic E-state index is -0.210. The van der Waals surface area contributed by atoms with E-state index in [9.17, 15) is 9.59 Å². The molecule has 1 fully saturated rings. The zero-order chi connectivity index (χ0) is 22.3. The maximum absolute atomic E-state index is 12.5. The van der Waals surface area contributed by atoms with Gasteiger partial charge in [0, 0.05) is 18.3 Å². The van der Waals surface area contributed by atoms with Gasteiger partial charge in [0.2, 0.25) is 0 Å². The van der Waals surface area contributed by atoms with Gasteiger partial charge < -0.3 is 25.0 Å². The van der Waals surface area contributed by atoms with Crippen molar-refractivity contribution in [3.63, 3.8) is 0 Å². The van der Waals surface area contributed by atoms with Crippen LogP contribution < -0.4 is 25.0 Å². The molecule has 0 unspecified atom stereocenters. The number of rotatable bonds is 7. The Hall–Kier alpha value is -3.22. The number of fused-ring (bicyclic) bond motifs is 1. The molecule has 2 N–H and O–H groups in total. The number of carbonyl (C=O) groups is 2. The van der Waals surface area contributed by atoms with Gasteiger partial charge in [0.1, 0.15) is 11.5 Å². The van der Waals surface area contributed by atoms with E-state index in [4.69, 9.17) is 9.47 Å². The molecule has 2 aliphatic rings. The quantitative estimate of drug-likeness (QED) is 0.618. The summed E-state index contributed by atoms with van der Waals surface area (Å²) in [5.74, 6) is 1.36. The summed E-state index contributed by atoms with van der Waals surface area (Å²) >= 11 is 0. The fourth-order valence-corrected chi connectivity index (χ4v) is 4.17. The number of hydrogen-bond acceptors (Lipinski definition) is 4. The predicted octanol–water partition coefficient (Wildman–Crippen LogP) is 4.64. The van der Waals surface area contributed by atoms with Crippen LogP contribution in [-0.4, -0.2) is 37.7 Å². The van der Waals surface area contributed by atoms with Crippen molar-refractivity contribution in [3.8, 4) is 11.5 Å². The summed E-state index contributed by atoms with van der Waals surface area (Å²) in [5, 5.41) is 5.95. The topological polar surface area (TPSA) is 79.9 Å². The number of anilines is 2. The van der Waals surface area contributed by atoms with E-state index in [-0.39, 0.29) is 24.6 Å². The first-order valence-electron chi connectivity index (χ1n) is 11.4. The fourth-order valence-electron chi connectivity index (χ4n) is 4.17. The highest BCUT2D eigenvalue weighted by atomic mass is 16.5. The lowest BCUT2D eigenvalue weighted by Crippen LogP contribution is -2.40. The van der Waals surface area contributed by atoms with Crippen molar-refractivity contribution < 1.29 is 19.1 Å². The molecule has 1 aliphatic heterocycles. The van der Waals surface area contributed by atoms with Crippen molar-refractivity contribution in [2.24, 2.45) is 0 Å². The van der Waals surface area contributed by atoms with E-state index in [1.165, 1.54) is 12.0 Å². The summed E-state index contributed by atoms with van der Waals surface area (Å²) in [6, 6.07) is 13.3. The Morgan fingerprint density at radius 2 is 1.91 bits per heavy atom. The standard InChI is InChI=1S/C25H31N3O4/c1-18-8-11-21(12-9-18)31-15-5-14-28-22-16-20(10-13-23(22)32-17-24(28)29)27-25(30)26-19-6-3-2-4-7-19/h8-13,16,19H,2-7,14-15,17H2,1H3,(H2,26,27,30). The summed E-state index contributed by atoms with van der Waals surface area (Å²) in [5.41, 5.74) is 2.49. The third-order valence-corrected chi connectivity index (χ3v) is 5.92. The van der Waals surface area contributed by atoms with E-state index in [1.807, 2.05) is 31.2 Å². The maximum atomic E-state index is 12.5. The zero-order valence-electron chi connectivity index (χ0n) is 18.6. The highest BCUT2D eigenvalue weighted by Crippen LogP contribution is 2.34. The van der Waals surface area contributed by atoms with Crippen LogP contribution in [0.5, 0.6) is 11.5 Å². The number of urea groups is 1. The Morgan fingerprint density at radius 3 is 2.69 bits per heavy atom. The van der Waals surface area contributed by atoms with Gasteiger partial charge in [-0.15, -0.1) is 0 Å². The van der Waals surface area contributed by atoms with Crippen molar-refractivity contribution in [3.05, 3.63) is 48.0 Å². The molecule has 0 atom stereocenters. The molecule has 170 valence electrons. The number of nitrogens with one attached hydrogen (secondary N) is 2. The molecule has 32 heavy (non-hydrogen) atoms. The summed E-state index contributed by atoms with van der Waals surface area (Å²) in [6.07, 6.45) is 6.29. The molecular formula is C25H31N3O4. The molecule has 3 amide bonds. The van der Waals surface area contributed by atoms with Gasteiger partial charge in [-0.25, -0.2) is 4.79 Å². The minimum absolute atomic E-state index is 0.0146. The number of amides is 3. The Labute approximate surface area is 189 Å². The highest BCUT2D eigenvalue weighted by molar-refractivity contribution is 5.99. The fraction of sp³-hybridized carbons (Fsp3) is 0.440. The number of hydrogen-bond donors (Lipinski definition) is 2. The average Bonchev–Trinajstić information content (AvgIpc) is 2.79. The highest BCUT2D eigenvalue weighted by Gasteiger charge is 2.26. The van der Waals surface area contributed by atoms with Gasteiger partial charge in [0.25, 0.3) is 5.91 Å². The van der Waals surface area contributed by atoms with Gasteiger partial charge in [0.15, 0.2) is 6.61 Å². The van der Waals surface area contributed by atoms with E-state index >= 15 is 0 Å². The van der Waals surface area contributed by atoms with Crippen LogP contribution in [0.2, 0.25) is 0 Å². The van der Waals surface area contributed by atoms with Crippen LogP contribution in [0.25, 0.3) is 0 Å². The van der Waals surface area contributed by atoms with E-state index < -0.39 is 0 Å². The molecule has 2 aromatic rings. The second kappa shape index (κ2) is 10.4. The third kappa shape index (κ3) is 5.72. The molecule has 1 heterocycles. The van der Waals surface area contributed by atoms with E-state index in [0.29, 0.717) is 36.7 Å². The minimum Gasteiger partial charge on any atom is -0.494 e. The second-order valence-corrected chi connectivity index (χ2v) is 8.47. The summed E-state index contributed by atoms with van der Waals surface area (Å²) < 4.78 is 11.4. The Kier molecular flexibility index (Phi) is 7.14. The summed E-state index contributed by atoms with van der Waals surface area (Å²) in [7, 11) is 0. The molecule has 1 saturated carbocycles. The molecule has 0 radical (unpaired) electrons. The molecule has 0 aromatic heterocycles. The van der Waals surface area contributed by atoms with Crippen molar-refractivity contribution >= 4 is 23.3 Å². The monoisotopic (exact) mass is 437 g/mol. The number of aryl methyl sites for hydroxylation is 1. The average molecular weight is 438 g/mol. The number of benzene rings is 2. The molecule has 4 rings (SSSR count). The Morgan fingerprint density at radius 1 is 1.12 bits per heavy atom. The van der Waals surface area contributed by atoms with Crippen molar-refractivity contribution in [2.45, 2.75) is 51.5 Å². The van der Waals surface area contributed by atoms with E-state index in [0.717, 1.165) is 31.4 Å². The van der Waals surface area contributed by atoms with Gasteiger partial charge in [-0.05, 0) is 56.5 Å². The zero-order valence-corrected chi connectivity index (χ0v) is 18.6. The SMILES string of the molecule is Cc1ccc(OCCCN2C(=O)COc3ccc(NC(=O)NC4CCCCC4)cc32)cc1. The van der Waals surface area contributed by atoms with Crippen molar-refractivity contribution in [1.82, 2.24) is 5.32 Å². The molecule has 0 bridgehead atoms. The number of ether oxygens (including phenoxy) is 2. The molecule has 1 aliphatic carbocycles. The molecule has 7 heteroatoms. The van der Waals surface area contributed by atoms with Crippen LogP contribution in [0.15, 0.2) is 42.5 Å². The van der Waals surface area contributed by atoms with Gasteiger partial charge in [0.05, 0.1) is 12.3 Å². The predicted molar refractivity (Wildman–Crippen MR) is 125 cm³/mol. The molecule has 0 spiro atoms. The van der Waals surface area contributed by atoms with Crippen molar-refractivity contribution in [2.75, 3.05) is 30.0 Å². The number of nitrogens with zero attached hydrogens (tertiary/aromatic N) is 1. The van der Waals surface area contributed by atoms with Crippen LogP contribution in [0.4, 0.5) is 16.2 Å². The number of carbonyl (C=O) groups excluding carboxylic acids is 2. The largest absolute Gasteiger partial charge is 0.494 e. The third-order valence-electron chi connectivity index (χ3n) is 5.92. The van der Waals surface area contributed by atoms with Crippen molar-refractivity contribution in [1.29, 1.82) is 0 Å². The lowest BCUT2D eigenvalue weighted by molar-refractivity contribution is -0.121. The molecule has 0 saturated heterocycles. The normalized spacial score (nSPS) is 16.2. The summed E-state index contributed by atoms with van der Waals surface area (Å²) in [6.45, 7) is 3.07. The first kappa shape index (κ1) is 22.0. The Bertz CT molecular complexity index is 939. The van der Waals surface area contributed by atoms with Gasteiger partial charge in [-0.1, -0.05) is 37.0 Å². The van der Waals surface area contributed by atoms with Crippen LogP contribution in [-0.2, 0) is 4.79 Å². The summed E-state index contributed by atoms with van der Waals surface area (Å²) in [4.78, 5) is 26.6. The van der Waals surface area contributed by atoms with Crippen LogP contribution in [0.3, 0.4) is 0 Å². The van der Waals surface area contributed by atoms with Crippen LogP contribution in [0.1, 0.15) is 44.1 Å². The molecule has 2 aromatic carbocycles. The lowest BCUT2D eigenvalue weighted by atomic mass is 9.96. The van der Waals surface area contributed by atoms with Crippen LogP contribution in [0, 0.1) is 6.92 Å². The Balaban J connectivity index is 1.34. The van der Waals surface area contributed by atoms with Gasteiger partial charge >= 0.3 is 6.03 Å². The molecular weight excluding hydrogens is 406 g/mol. The molecule has 7 nitrogen and oxygen atoms in total. The van der Waals surface area contributed by atoms with E-state index in [1.54, 1.807) is 23.1 Å². The van der Waals surface area contributed by atoms with Gasteiger partial charge in [-0.2, -0.15) is 0 Å². The van der Waals surface area contributed by atoms with Crippen LogP contribution >= 0.6 is 0 Å². The smallest absolute Gasteiger partial charge is 0.319 e.